The number of fused-ring (bicyclic) bond motifs is 1. The topological polar surface area (TPSA) is 74.6 Å². The maximum absolute atomic E-state index is 12.7. The summed E-state index contributed by atoms with van der Waals surface area (Å²) in [5.41, 5.74) is 0. The molecule has 106 valence electrons. The van der Waals surface area contributed by atoms with E-state index in [0.29, 0.717) is 5.39 Å². The van der Waals surface area contributed by atoms with Gasteiger partial charge in [0, 0.05) is 11.5 Å². The molecule has 4 nitrogen and oxygen atoms in total. The summed E-state index contributed by atoms with van der Waals surface area (Å²) in [7, 11) is -3.87. The predicted molar refractivity (Wildman–Crippen MR) is 79.2 cm³/mol. The summed E-state index contributed by atoms with van der Waals surface area (Å²) in [5, 5.41) is 20.5. The van der Waals surface area contributed by atoms with Gasteiger partial charge in [0.15, 0.2) is 0 Å². The lowest BCUT2D eigenvalue weighted by Gasteiger charge is -2.10. The molecule has 0 aliphatic heterocycles. The van der Waals surface area contributed by atoms with Gasteiger partial charge in [-0.15, -0.1) is 0 Å². The second-order valence-corrected chi connectivity index (χ2v) is 6.52. The second-order valence-electron chi connectivity index (χ2n) is 4.63. The Morgan fingerprint density at radius 3 is 2.24 bits per heavy atom. The van der Waals surface area contributed by atoms with E-state index in [9.17, 15) is 18.6 Å². The van der Waals surface area contributed by atoms with E-state index in [1.165, 1.54) is 18.2 Å². The molecule has 5 heteroatoms. The van der Waals surface area contributed by atoms with E-state index in [1.54, 1.807) is 18.2 Å². The summed E-state index contributed by atoms with van der Waals surface area (Å²) in [6, 6.07) is 15.6. The first kappa shape index (κ1) is 13.5. The minimum absolute atomic E-state index is 0.126. The van der Waals surface area contributed by atoms with Gasteiger partial charge in [-0.1, -0.05) is 36.4 Å². The fourth-order valence-electron chi connectivity index (χ4n) is 2.28. The number of hydrogen-bond acceptors (Lipinski definition) is 4. The lowest BCUT2D eigenvalue weighted by atomic mass is 10.1. The smallest absolute Gasteiger partial charge is 0.210 e. The van der Waals surface area contributed by atoms with Crippen molar-refractivity contribution in [1.29, 1.82) is 0 Å². The van der Waals surface area contributed by atoms with Gasteiger partial charge in [0.25, 0.3) is 0 Å². The third-order valence-electron chi connectivity index (χ3n) is 3.27. The quantitative estimate of drug-likeness (QED) is 0.762. The molecule has 0 unspecified atom stereocenters. The van der Waals surface area contributed by atoms with Crippen LogP contribution in [0.2, 0.25) is 0 Å². The summed E-state index contributed by atoms with van der Waals surface area (Å²) in [6.45, 7) is 0. The van der Waals surface area contributed by atoms with Crippen LogP contribution in [0.15, 0.2) is 70.5 Å². The average molecular weight is 300 g/mol. The van der Waals surface area contributed by atoms with Crippen LogP contribution in [0, 0.1) is 0 Å². The van der Waals surface area contributed by atoms with Gasteiger partial charge in [0.1, 0.15) is 16.4 Å². The van der Waals surface area contributed by atoms with E-state index >= 15 is 0 Å². The molecular weight excluding hydrogens is 288 g/mol. The van der Waals surface area contributed by atoms with Crippen LogP contribution in [-0.4, -0.2) is 18.6 Å². The van der Waals surface area contributed by atoms with Gasteiger partial charge in [-0.25, -0.2) is 8.42 Å². The largest absolute Gasteiger partial charge is 0.508 e. The fourth-order valence-corrected chi connectivity index (χ4v) is 3.83. The summed E-state index contributed by atoms with van der Waals surface area (Å²) in [5.74, 6) is -0.660. The molecule has 0 saturated heterocycles. The van der Waals surface area contributed by atoms with Crippen molar-refractivity contribution < 1.29 is 18.6 Å². The lowest BCUT2D eigenvalue weighted by Crippen LogP contribution is -2.03. The Morgan fingerprint density at radius 1 is 0.762 bits per heavy atom. The monoisotopic (exact) mass is 300 g/mol. The lowest BCUT2D eigenvalue weighted by molar-refractivity contribution is 0.439. The molecule has 0 heterocycles. The molecule has 2 N–H and O–H groups in total. The Bertz CT molecular complexity index is 925. The predicted octanol–water partition coefficient (Wildman–Crippen LogP) is 3.08. The number of rotatable bonds is 2. The number of sulfone groups is 1. The zero-order valence-electron chi connectivity index (χ0n) is 10.9. The van der Waals surface area contributed by atoms with E-state index in [4.69, 9.17) is 0 Å². The molecule has 0 aliphatic carbocycles. The molecule has 3 aromatic carbocycles. The maximum Gasteiger partial charge on any atom is 0.210 e. The summed E-state index contributed by atoms with van der Waals surface area (Å²) < 4.78 is 25.5. The number of benzene rings is 3. The molecule has 0 amide bonds. The van der Waals surface area contributed by atoms with Crippen LogP contribution < -0.4 is 0 Å². The molecule has 0 atom stereocenters. The van der Waals surface area contributed by atoms with Gasteiger partial charge in [-0.05, 0) is 23.6 Å². The standard InChI is InChI=1S/C16H12O4S/c17-12-8-9-16(14(18)10-12)21(19,20)15-7-3-5-11-4-1-2-6-13(11)15/h1-10,17-18H. The number of phenols is 2. The zero-order valence-corrected chi connectivity index (χ0v) is 11.7. The molecule has 0 bridgehead atoms. The first-order valence-corrected chi connectivity index (χ1v) is 7.73. The minimum atomic E-state index is -3.87. The summed E-state index contributed by atoms with van der Waals surface area (Å²) >= 11 is 0. The van der Waals surface area contributed by atoms with E-state index in [-0.39, 0.29) is 15.5 Å². The van der Waals surface area contributed by atoms with Crippen LogP contribution in [0.5, 0.6) is 11.5 Å². The van der Waals surface area contributed by atoms with Gasteiger partial charge >= 0.3 is 0 Å². The molecule has 0 spiro atoms. The molecule has 0 aliphatic rings. The van der Waals surface area contributed by atoms with Crippen molar-refractivity contribution in [2.75, 3.05) is 0 Å². The van der Waals surface area contributed by atoms with Crippen molar-refractivity contribution in [2.45, 2.75) is 9.79 Å². The number of hydrogen-bond donors (Lipinski definition) is 2. The second kappa shape index (κ2) is 4.79. The molecule has 0 fully saturated rings. The van der Waals surface area contributed by atoms with Gasteiger partial charge < -0.3 is 10.2 Å². The van der Waals surface area contributed by atoms with Crippen molar-refractivity contribution in [3.63, 3.8) is 0 Å². The van der Waals surface area contributed by atoms with Gasteiger partial charge in [0.05, 0.1) is 4.90 Å². The Morgan fingerprint density at radius 2 is 1.48 bits per heavy atom. The number of phenolic OH excluding ortho intramolecular Hbond substituents is 2. The Hall–Kier alpha value is -2.53. The highest BCUT2D eigenvalue weighted by Crippen LogP contribution is 2.34. The average Bonchev–Trinajstić information content (AvgIpc) is 2.46. The molecule has 21 heavy (non-hydrogen) atoms. The molecular formula is C16H12O4S. The Balaban J connectivity index is 2.30. The summed E-state index contributed by atoms with van der Waals surface area (Å²) in [4.78, 5) is -0.0988. The van der Waals surface area contributed by atoms with E-state index in [2.05, 4.69) is 0 Å². The molecule has 3 rings (SSSR count). The van der Waals surface area contributed by atoms with Crippen LogP contribution in [0.3, 0.4) is 0 Å². The van der Waals surface area contributed by atoms with Crippen molar-refractivity contribution in [3.05, 3.63) is 60.7 Å². The van der Waals surface area contributed by atoms with Gasteiger partial charge in [-0.3, -0.25) is 0 Å². The van der Waals surface area contributed by atoms with Crippen molar-refractivity contribution in [3.8, 4) is 11.5 Å². The normalized spacial score (nSPS) is 11.6. The molecule has 0 radical (unpaired) electrons. The summed E-state index contributed by atoms with van der Waals surface area (Å²) in [6.07, 6.45) is 0. The Kier molecular flexibility index (Phi) is 3.07. The molecule has 0 aromatic heterocycles. The van der Waals surface area contributed by atoms with Crippen LogP contribution in [-0.2, 0) is 9.84 Å². The third kappa shape index (κ3) is 2.21. The first-order chi connectivity index (χ1) is 10.00. The Labute approximate surface area is 121 Å². The molecule has 3 aromatic rings. The number of aromatic hydroxyl groups is 2. The van der Waals surface area contributed by atoms with Crippen LogP contribution in [0.25, 0.3) is 10.8 Å². The van der Waals surface area contributed by atoms with E-state index in [0.717, 1.165) is 11.5 Å². The van der Waals surface area contributed by atoms with Crippen molar-refractivity contribution in [2.24, 2.45) is 0 Å². The van der Waals surface area contributed by atoms with Crippen LogP contribution in [0.1, 0.15) is 0 Å². The zero-order chi connectivity index (χ0) is 15.0. The fraction of sp³-hybridized carbons (Fsp3) is 0. The SMILES string of the molecule is O=S(=O)(c1ccc(O)cc1O)c1cccc2ccccc12. The van der Waals surface area contributed by atoms with E-state index in [1.807, 2.05) is 18.2 Å². The van der Waals surface area contributed by atoms with Crippen LogP contribution >= 0.6 is 0 Å². The van der Waals surface area contributed by atoms with Crippen molar-refractivity contribution in [1.82, 2.24) is 0 Å². The third-order valence-corrected chi connectivity index (χ3v) is 5.13. The highest BCUT2D eigenvalue weighted by Gasteiger charge is 2.23. The first-order valence-electron chi connectivity index (χ1n) is 6.25. The minimum Gasteiger partial charge on any atom is -0.508 e. The highest BCUT2D eigenvalue weighted by molar-refractivity contribution is 7.91. The van der Waals surface area contributed by atoms with Gasteiger partial charge in [0.2, 0.25) is 9.84 Å². The molecule has 0 saturated carbocycles. The van der Waals surface area contributed by atoms with E-state index < -0.39 is 15.6 Å². The maximum atomic E-state index is 12.7. The van der Waals surface area contributed by atoms with Gasteiger partial charge in [-0.2, -0.15) is 0 Å². The van der Waals surface area contributed by atoms with Crippen LogP contribution in [0.4, 0.5) is 0 Å². The van der Waals surface area contributed by atoms with Crippen molar-refractivity contribution >= 4 is 20.6 Å². The highest BCUT2D eigenvalue weighted by atomic mass is 32.2.